The number of imide groups is 1. The molecule has 3 amide bonds. The van der Waals surface area contributed by atoms with Gasteiger partial charge in [0.25, 0.3) is 5.91 Å². The number of piperazine rings is 1. The third kappa shape index (κ3) is 7.04. The summed E-state index contributed by atoms with van der Waals surface area (Å²) in [4.78, 5) is 45.8. The molecular formula is C38H41F2N9O4. The monoisotopic (exact) mass is 725 g/mol. The average Bonchev–Trinajstić information content (AvgIpc) is 3.78. The zero-order valence-electron chi connectivity index (χ0n) is 29.4. The lowest BCUT2D eigenvalue weighted by Gasteiger charge is -2.37. The Balaban J connectivity index is 0.827. The molecule has 2 aliphatic heterocycles. The third-order valence-corrected chi connectivity index (χ3v) is 11.0. The first kappa shape index (κ1) is 34.6. The number of nitrogens with one attached hydrogen (secondary N) is 2. The van der Waals surface area contributed by atoms with Gasteiger partial charge in [0.1, 0.15) is 17.4 Å². The number of halogens is 2. The summed E-state index contributed by atoms with van der Waals surface area (Å²) in [6, 6.07) is 10.1. The Hall–Kier alpha value is -5.44. The maximum absolute atomic E-state index is 15.1. The van der Waals surface area contributed by atoms with E-state index >= 15 is 8.78 Å². The van der Waals surface area contributed by atoms with E-state index in [0.29, 0.717) is 47.5 Å². The summed E-state index contributed by atoms with van der Waals surface area (Å²) in [5, 5.41) is 15.1. The number of rotatable bonds is 9. The van der Waals surface area contributed by atoms with E-state index in [1.807, 2.05) is 34.0 Å². The predicted molar refractivity (Wildman–Crippen MR) is 193 cm³/mol. The average molecular weight is 726 g/mol. The molecule has 1 aliphatic carbocycles. The molecule has 3 aliphatic rings. The Morgan fingerprint density at radius 1 is 1.02 bits per heavy atom. The van der Waals surface area contributed by atoms with Crippen LogP contribution in [0.15, 0.2) is 55.0 Å². The fraction of sp³-hybridized carbons (Fsp3) is 0.421. The van der Waals surface area contributed by atoms with Crippen LogP contribution in [-0.4, -0.2) is 86.8 Å². The molecule has 3 fully saturated rings. The quantitative estimate of drug-likeness (QED) is 0.199. The number of fused-ring (bicyclic) bond motifs is 2. The number of hydrogen-bond donors (Lipinski definition) is 2. The molecule has 2 aromatic carbocycles. The Bertz CT molecular complexity index is 2160. The molecule has 5 aromatic rings. The maximum atomic E-state index is 15.1. The summed E-state index contributed by atoms with van der Waals surface area (Å²) in [7, 11) is 1.54. The molecule has 15 heteroatoms. The molecule has 0 bridgehead atoms. The van der Waals surface area contributed by atoms with Gasteiger partial charge in [-0.3, -0.25) is 29.3 Å². The first-order chi connectivity index (χ1) is 25.7. The van der Waals surface area contributed by atoms with Crippen LogP contribution in [0.4, 0.5) is 20.3 Å². The van der Waals surface area contributed by atoms with Crippen molar-refractivity contribution in [2.24, 2.45) is 5.92 Å². The molecule has 8 rings (SSSR count). The van der Waals surface area contributed by atoms with Gasteiger partial charge < -0.3 is 15.0 Å². The largest absolute Gasteiger partial charge is 0.496 e. The number of amides is 3. The van der Waals surface area contributed by atoms with E-state index in [4.69, 9.17) is 9.84 Å². The van der Waals surface area contributed by atoms with Crippen LogP contribution in [0.5, 0.6) is 5.75 Å². The zero-order chi connectivity index (χ0) is 36.6. The van der Waals surface area contributed by atoms with Gasteiger partial charge in [0.15, 0.2) is 11.5 Å². The van der Waals surface area contributed by atoms with Gasteiger partial charge in [-0.25, -0.2) is 13.8 Å². The Kier molecular flexibility index (Phi) is 9.49. The lowest BCUT2D eigenvalue weighted by molar-refractivity contribution is -0.134. The van der Waals surface area contributed by atoms with Crippen molar-refractivity contribution in [2.45, 2.75) is 56.9 Å². The smallest absolute Gasteiger partial charge is 0.260 e. The van der Waals surface area contributed by atoms with Gasteiger partial charge in [0, 0.05) is 67.7 Å². The minimum atomic E-state index is -1.00. The number of hydrogen-bond acceptors (Lipinski definition) is 9. The lowest BCUT2D eigenvalue weighted by Crippen LogP contribution is -2.47. The first-order valence-corrected chi connectivity index (χ1v) is 18.2. The molecule has 3 aromatic heterocycles. The Labute approximate surface area is 304 Å². The van der Waals surface area contributed by atoms with Crippen LogP contribution in [0.2, 0.25) is 0 Å². The zero-order valence-corrected chi connectivity index (χ0v) is 29.4. The highest BCUT2D eigenvalue weighted by Crippen LogP contribution is 2.36. The second kappa shape index (κ2) is 14.5. The minimum absolute atomic E-state index is 0.0626. The molecule has 13 nitrogen and oxygen atoms in total. The topological polar surface area (TPSA) is 139 Å². The molecule has 1 atom stereocenters. The minimum Gasteiger partial charge on any atom is -0.496 e. The van der Waals surface area contributed by atoms with Crippen molar-refractivity contribution in [1.82, 2.24) is 34.6 Å². The van der Waals surface area contributed by atoms with Crippen LogP contribution >= 0.6 is 0 Å². The number of aromatic nitrogens is 5. The van der Waals surface area contributed by atoms with Crippen molar-refractivity contribution in [3.05, 3.63) is 77.8 Å². The number of nitrogens with zero attached hydrogens (tertiary/aromatic N) is 7. The first-order valence-electron chi connectivity index (χ1n) is 18.2. The van der Waals surface area contributed by atoms with E-state index in [-0.39, 0.29) is 30.4 Å². The van der Waals surface area contributed by atoms with Gasteiger partial charge in [-0.15, -0.1) is 0 Å². The number of benzene rings is 2. The number of piperidine rings is 1. The maximum Gasteiger partial charge on any atom is 0.260 e. The lowest BCUT2D eigenvalue weighted by atomic mass is 9.84. The fourth-order valence-corrected chi connectivity index (χ4v) is 8.05. The van der Waals surface area contributed by atoms with Gasteiger partial charge in [0.2, 0.25) is 11.8 Å². The summed E-state index contributed by atoms with van der Waals surface area (Å²) >= 11 is 0. The van der Waals surface area contributed by atoms with Crippen LogP contribution in [-0.2, 0) is 9.59 Å². The summed E-state index contributed by atoms with van der Waals surface area (Å²) < 4.78 is 39.4. The van der Waals surface area contributed by atoms with E-state index < -0.39 is 29.4 Å². The van der Waals surface area contributed by atoms with Crippen molar-refractivity contribution in [3.63, 3.8) is 0 Å². The summed E-state index contributed by atoms with van der Waals surface area (Å²) in [6.07, 6.45) is 10.7. The van der Waals surface area contributed by atoms with Gasteiger partial charge in [-0.1, -0.05) is 0 Å². The number of carbonyl (C=O) groups excluding carboxylic acids is 3. The van der Waals surface area contributed by atoms with E-state index in [1.165, 1.54) is 12.1 Å². The van der Waals surface area contributed by atoms with Crippen LogP contribution in [0, 0.1) is 17.6 Å². The molecule has 1 unspecified atom stereocenters. The normalized spacial score (nSPS) is 21.3. The van der Waals surface area contributed by atoms with Crippen molar-refractivity contribution in [3.8, 4) is 5.75 Å². The number of anilines is 2. The highest BCUT2D eigenvalue weighted by Gasteiger charge is 2.33. The highest BCUT2D eigenvalue weighted by molar-refractivity contribution is 6.08. The number of imidazole rings is 1. The van der Waals surface area contributed by atoms with Crippen molar-refractivity contribution in [2.75, 3.05) is 50.1 Å². The van der Waals surface area contributed by atoms with Gasteiger partial charge in [0.05, 0.1) is 36.3 Å². The molecule has 53 heavy (non-hydrogen) atoms. The van der Waals surface area contributed by atoms with Crippen molar-refractivity contribution >= 4 is 45.8 Å². The predicted octanol–water partition coefficient (Wildman–Crippen LogP) is 5.08. The highest BCUT2D eigenvalue weighted by atomic mass is 19.1. The van der Waals surface area contributed by atoms with Crippen LogP contribution in [0.1, 0.15) is 72.8 Å². The van der Waals surface area contributed by atoms with Crippen LogP contribution < -0.4 is 20.3 Å². The molecule has 276 valence electrons. The summed E-state index contributed by atoms with van der Waals surface area (Å²) in [6.45, 7) is 3.88. The molecule has 0 spiro atoms. The van der Waals surface area contributed by atoms with Gasteiger partial charge in [-0.05, 0) is 81.3 Å². The molecule has 0 radical (unpaired) electrons. The SMILES string of the molecule is COc1cc2nn(C3CCC(CCN4CCN(c5cc(F)c(C6CCC(=O)NC6=O)c(F)c5)CC4)CC3)cc2cc1C(=O)Nc1cnc2cccnn12. The van der Waals surface area contributed by atoms with Crippen molar-refractivity contribution < 1.29 is 27.9 Å². The standard InChI is InChI=1S/C38H41F2N9O4/c1-53-32-20-31-24(17-28(32)38(52)43-34-21-41-33-3-2-11-42-49(33)34)22-48(45-31)25-6-4-23(5-7-25)10-12-46-13-15-47(16-14-46)26-18-29(39)36(30(40)19-26)27-8-9-35(50)44-37(27)51/h2-3,11,17-23,25,27H,4-10,12-16H2,1H3,(H,43,52)(H,44,50,51). The summed E-state index contributed by atoms with van der Waals surface area (Å²) in [5.41, 5.74) is 2.01. The molecule has 1 saturated carbocycles. The van der Waals surface area contributed by atoms with E-state index in [0.717, 1.165) is 62.6 Å². The second-order valence-electron chi connectivity index (χ2n) is 14.2. The molecule has 2 N–H and O–H groups in total. The second-order valence-corrected chi connectivity index (χ2v) is 14.2. The third-order valence-electron chi connectivity index (χ3n) is 11.0. The van der Waals surface area contributed by atoms with Gasteiger partial charge in [-0.2, -0.15) is 14.7 Å². The molecular weight excluding hydrogens is 684 g/mol. The van der Waals surface area contributed by atoms with E-state index in [2.05, 4.69) is 25.6 Å². The van der Waals surface area contributed by atoms with Crippen molar-refractivity contribution in [1.29, 1.82) is 0 Å². The number of methoxy groups -OCH3 is 1. The Morgan fingerprint density at radius 2 is 1.79 bits per heavy atom. The van der Waals surface area contributed by atoms with Crippen LogP contribution in [0.3, 0.4) is 0 Å². The summed E-state index contributed by atoms with van der Waals surface area (Å²) in [5.74, 6) is -2.38. The number of ether oxygens (including phenoxy) is 1. The Morgan fingerprint density at radius 3 is 2.53 bits per heavy atom. The number of carbonyl (C=O) groups is 3. The molecule has 2 saturated heterocycles. The van der Waals surface area contributed by atoms with Gasteiger partial charge >= 0.3 is 0 Å². The van der Waals surface area contributed by atoms with E-state index in [1.54, 1.807) is 30.1 Å². The van der Waals surface area contributed by atoms with Crippen LogP contribution in [0.25, 0.3) is 16.6 Å². The van der Waals surface area contributed by atoms with E-state index in [9.17, 15) is 14.4 Å². The fourth-order valence-electron chi connectivity index (χ4n) is 8.05. The molecule has 5 heterocycles.